The van der Waals surface area contributed by atoms with Gasteiger partial charge in [0.25, 0.3) is 0 Å². The van der Waals surface area contributed by atoms with Crippen LogP contribution in [0.25, 0.3) is 0 Å². The van der Waals surface area contributed by atoms with E-state index in [1.807, 2.05) is 19.1 Å². The summed E-state index contributed by atoms with van der Waals surface area (Å²) in [5, 5.41) is 0. The Kier molecular flexibility index (Phi) is 4.86. The summed E-state index contributed by atoms with van der Waals surface area (Å²) in [6, 6.07) is 10.9. The van der Waals surface area contributed by atoms with Crippen molar-refractivity contribution in [2.45, 2.75) is 44.1 Å². The van der Waals surface area contributed by atoms with Crippen molar-refractivity contribution in [3.63, 3.8) is 0 Å². The fourth-order valence-electron chi connectivity index (χ4n) is 4.26. The zero-order valence-electron chi connectivity index (χ0n) is 14.4. The van der Waals surface area contributed by atoms with Gasteiger partial charge in [0, 0.05) is 31.6 Å². The molecule has 3 rings (SSSR count). The molecule has 2 saturated heterocycles. The lowest BCUT2D eigenvalue weighted by molar-refractivity contribution is -0.132. The highest BCUT2D eigenvalue weighted by atomic mass is 16.2. The van der Waals surface area contributed by atoms with Crippen LogP contribution in [-0.2, 0) is 4.79 Å². The molecule has 1 atom stereocenters. The van der Waals surface area contributed by atoms with Gasteiger partial charge in [-0.1, -0.05) is 42.5 Å². The summed E-state index contributed by atoms with van der Waals surface area (Å²) in [6.07, 6.45) is 7.90. The van der Waals surface area contributed by atoms with E-state index in [0.29, 0.717) is 12.3 Å². The third kappa shape index (κ3) is 3.35. The van der Waals surface area contributed by atoms with E-state index in [2.05, 4.69) is 47.2 Å². The van der Waals surface area contributed by atoms with Crippen molar-refractivity contribution in [1.29, 1.82) is 0 Å². The minimum atomic E-state index is 0.276. The van der Waals surface area contributed by atoms with Gasteiger partial charge in [-0.25, -0.2) is 0 Å². The van der Waals surface area contributed by atoms with Crippen molar-refractivity contribution in [1.82, 2.24) is 9.80 Å². The van der Waals surface area contributed by atoms with Crippen LogP contribution in [0.4, 0.5) is 0 Å². The van der Waals surface area contributed by atoms with Gasteiger partial charge in [-0.15, -0.1) is 0 Å². The molecule has 2 aliphatic rings. The maximum atomic E-state index is 12.2. The quantitative estimate of drug-likeness (QED) is 0.798. The van der Waals surface area contributed by atoms with Crippen LogP contribution < -0.4 is 0 Å². The Bertz CT molecular complexity index is 558. The molecular formula is C20H28N2O. The second-order valence-corrected chi connectivity index (χ2v) is 7.07. The van der Waals surface area contributed by atoms with E-state index in [9.17, 15) is 4.79 Å². The number of rotatable bonds is 3. The van der Waals surface area contributed by atoms with E-state index >= 15 is 0 Å². The SMILES string of the molecule is C/C=C/CC(=O)N1CCC2(CC1)CC(c1ccccc1)CN2C. The van der Waals surface area contributed by atoms with Crippen LogP contribution in [0.3, 0.4) is 0 Å². The molecule has 1 aromatic rings. The number of likely N-dealkylation sites (tertiary alicyclic amines) is 2. The first kappa shape index (κ1) is 16.3. The molecule has 3 nitrogen and oxygen atoms in total. The molecule has 2 heterocycles. The second kappa shape index (κ2) is 6.88. The molecule has 0 N–H and O–H groups in total. The van der Waals surface area contributed by atoms with Crippen LogP contribution in [0.15, 0.2) is 42.5 Å². The fraction of sp³-hybridized carbons (Fsp3) is 0.550. The number of hydrogen-bond acceptors (Lipinski definition) is 2. The first-order valence-corrected chi connectivity index (χ1v) is 8.80. The molecule has 0 aromatic heterocycles. The molecule has 1 amide bonds. The number of likely N-dealkylation sites (N-methyl/N-ethyl adjacent to an activating group) is 1. The average molecular weight is 312 g/mol. The number of carbonyl (C=O) groups is 1. The number of benzene rings is 1. The monoisotopic (exact) mass is 312 g/mol. The Morgan fingerprint density at radius 1 is 1.26 bits per heavy atom. The minimum absolute atomic E-state index is 0.276. The third-order valence-electron chi connectivity index (χ3n) is 5.78. The highest BCUT2D eigenvalue weighted by molar-refractivity contribution is 5.77. The summed E-state index contributed by atoms with van der Waals surface area (Å²) in [6.45, 7) is 4.91. The Morgan fingerprint density at radius 3 is 2.61 bits per heavy atom. The van der Waals surface area contributed by atoms with Crippen molar-refractivity contribution >= 4 is 5.91 Å². The summed E-state index contributed by atoms with van der Waals surface area (Å²) >= 11 is 0. The Balaban J connectivity index is 1.62. The molecule has 1 spiro atoms. The normalized spacial score (nSPS) is 24.6. The summed E-state index contributed by atoms with van der Waals surface area (Å²) in [5.41, 5.74) is 1.75. The molecule has 2 aliphatic heterocycles. The maximum absolute atomic E-state index is 12.2. The number of hydrogen-bond donors (Lipinski definition) is 0. The predicted octanol–water partition coefficient (Wildman–Crippen LogP) is 3.43. The van der Waals surface area contributed by atoms with Gasteiger partial charge in [0.15, 0.2) is 0 Å². The molecular weight excluding hydrogens is 284 g/mol. The van der Waals surface area contributed by atoms with Gasteiger partial charge >= 0.3 is 0 Å². The predicted molar refractivity (Wildman–Crippen MR) is 94.4 cm³/mol. The van der Waals surface area contributed by atoms with Gasteiger partial charge in [0.2, 0.25) is 5.91 Å². The van der Waals surface area contributed by atoms with E-state index in [1.54, 1.807) is 0 Å². The molecule has 0 radical (unpaired) electrons. The van der Waals surface area contributed by atoms with E-state index in [-0.39, 0.29) is 11.4 Å². The number of nitrogens with zero attached hydrogens (tertiary/aromatic N) is 2. The average Bonchev–Trinajstić information content (AvgIpc) is 2.91. The highest BCUT2D eigenvalue weighted by Crippen LogP contribution is 2.43. The minimum Gasteiger partial charge on any atom is -0.342 e. The molecule has 2 fully saturated rings. The molecule has 124 valence electrons. The first-order chi connectivity index (χ1) is 11.1. The van der Waals surface area contributed by atoms with E-state index in [0.717, 1.165) is 32.5 Å². The van der Waals surface area contributed by atoms with Crippen LogP contribution >= 0.6 is 0 Å². The first-order valence-electron chi connectivity index (χ1n) is 8.80. The van der Waals surface area contributed by atoms with Crippen molar-refractivity contribution in [2.75, 3.05) is 26.7 Å². The van der Waals surface area contributed by atoms with Gasteiger partial charge < -0.3 is 4.90 Å². The van der Waals surface area contributed by atoms with Crippen LogP contribution in [0, 0.1) is 0 Å². The van der Waals surface area contributed by atoms with Crippen molar-refractivity contribution < 1.29 is 4.79 Å². The molecule has 1 aromatic carbocycles. The summed E-state index contributed by atoms with van der Waals surface area (Å²) in [7, 11) is 2.26. The van der Waals surface area contributed by atoms with Gasteiger partial charge in [-0.2, -0.15) is 0 Å². The smallest absolute Gasteiger partial charge is 0.226 e. The molecule has 0 aliphatic carbocycles. The van der Waals surface area contributed by atoms with E-state index < -0.39 is 0 Å². The molecule has 23 heavy (non-hydrogen) atoms. The number of carbonyl (C=O) groups excluding carboxylic acids is 1. The van der Waals surface area contributed by atoms with Crippen molar-refractivity contribution in [3.8, 4) is 0 Å². The van der Waals surface area contributed by atoms with Crippen LogP contribution in [-0.4, -0.2) is 47.9 Å². The summed E-state index contributed by atoms with van der Waals surface area (Å²) in [4.78, 5) is 16.8. The van der Waals surface area contributed by atoms with Gasteiger partial charge in [0.1, 0.15) is 0 Å². The number of allylic oxidation sites excluding steroid dienone is 1. The van der Waals surface area contributed by atoms with Gasteiger partial charge in [-0.05, 0) is 44.7 Å². The van der Waals surface area contributed by atoms with E-state index in [1.165, 1.54) is 12.0 Å². The standard InChI is InChI=1S/C20H28N2O/c1-3-4-10-19(23)22-13-11-20(12-14-22)15-18(16-21(20)2)17-8-6-5-7-9-17/h3-9,18H,10-16H2,1-2H3/b4-3+. The topological polar surface area (TPSA) is 23.6 Å². The van der Waals surface area contributed by atoms with Gasteiger partial charge in [0.05, 0.1) is 0 Å². The van der Waals surface area contributed by atoms with Crippen LogP contribution in [0.1, 0.15) is 44.1 Å². The Hall–Kier alpha value is -1.61. The zero-order valence-corrected chi connectivity index (χ0v) is 14.4. The van der Waals surface area contributed by atoms with Crippen molar-refractivity contribution in [3.05, 3.63) is 48.0 Å². The maximum Gasteiger partial charge on any atom is 0.226 e. The summed E-state index contributed by atoms with van der Waals surface area (Å²) in [5.74, 6) is 0.907. The lowest BCUT2D eigenvalue weighted by Gasteiger charge is -2.43. The number of amides is 1. The zero-order chi connectivity index (χ0) is 16.3. The largest absolute Gasteiger partial charge is 0.342 e. The second-order valence-electron chi connectivity index (χ2n) is 7.07. The number of piperidine rings is 1. The fourth-order valence-corrected chi connectivity index (χ4v) is 4.26. The van der Waals surface area contributed by atoms with Crippen LogP contribution in [0.5, 0.6) is 0 Å². The third-order valence-corrected chi connectivity index (χ3v) is 5.78. The van der Waals surface area contributed by atoms with E-state index in [4.69, 9.17) is 0 Å². The molecule has 0 bridgehead atoms. The van der Waals surface area contributed by atoms with Crippen LogP contribution in [0.2, 0.25) is 0 Å². The summed E-state index contributed by atoms with van der Waals surface area (Å²) < 4.78 is 0. The Morgan fingerprint density at radius 2 is 1.96 bits per heavy atom. The van der Waals surface area contributed by atoms with Gasteiger partial charge in [-0.3, -0.25) is 9.69 Å². The lowest BCUT2D eigenvalue weighted by atomic mass is 9.81. The molecule has 0 saturated carbocycles. The van der Waals surface area contributed by atoms with Crippen molar-refractivity contribution in [2.24, 2.45) is 0 Å². The lowest BCUT2D eigenvalue weighted by Crippen LogP contribution is -2.51. The Labute approximate surface area is 140 Å². The molecule has 3 heteroatoms. The molecule has 1 unspecified atom stereocenters. The highest BCUT2D eigenvalue weighted by Gasteiger charge is 2.45.